The smallest absolute Gasteiger partial charge is 0.282 e. The number of methoxy groups -OCH3 is 1. The minimum absolute atomic E-state index is 0.0286. The number of rotatable bonds is 2. The molecule has 1 heterocycles. The number of aliphatic imine (C=N–C) groups is 1. The maximum absolute atomic E-state index is 5.42. The zero-order valence-electron chi connectivity index (χ0n) is 7.93. The zero-order valence-corrected chi connectivity index (χ0v) is 7.93. The molecule has 4 nitrogen and oxygen atoms in total. The Hall–Kier alpha value is -1.71. The molecule has 0 fully saturated rings. The minimum Gasteiger partial charge on any atom is -0.497 e. The Morgan fingerprint density at radius 1 is 1.43 bits per heavy atom. The number of ether oxygens (including phenoxy) is 2. The molecule has 0 aromatic heterocycles. The van der Waals surface area contributed by atoms with Crippen LogP contribution in [0.25, 0.3) is 0 Å². The molecule has 1 aromatic carbocycles. The Labute approximate surface area is 82.3 Å². The molecular formula is C10H12N2O2. The van der Waals surface area contributed by atoms with Crippen LogP contribution in [-0.4, -0.2) is 19.7 Å². The van der Waals surface area contributed by atoms with Crippen molar-refractivity contribution < 1.29 is 9.47 Å². The molecule has 1 atom stereocenters. The van der Waals surface area contributed by atoms with Gasteiger partial charge in [-0.2, -0.15) is 0 Å². The number of hydrogen-bond acceptors (Lipinski definition) is 4. The van der Waals surface area contributed by atoms with Gasteiger partial charge in [-0.25, -0.2) is 4.99 Å². The fourth-order valence-electron chi connectivity index (χ4n) is 1.39. The highest BCUT2D eigenvalue weighted by Crippen LogP contribution is 2.23. The number of nitrogens with two attached hydrogens (primary N) is 1. The topological polar surface area (TPSA) is 56.8 Å². The molecule has 0 radical (unpaired) electrons. The van der Waals surface area contributed by atoms with Gasteiger partial charge < -0.3 is 15.2 Å². The van der Waals surface area contributed by atoms with Crippen LogP contribution < -0.4 is 10.5 Å². The lowest BCUT2D eigenvalue weighted by Gasteiger charge is -2.05. The third kappa shape index (κ3) is 1.64. The molecule has 0 bridgehead atoms. The largest absolute Gasteiger partial charge is 0.497 e. The molecule has 4 heteroatoms. The second-order valence-electron chi connectivity index (χ2n) is 3.07. The Morgan fingerprint density at radius 2 is 2.14 bits per heavy atom. The van der Waals surface area contributed by atoms with Crippen LogP contribution in [0, 0.1) is 0 Å². The van der Waals surface area contributed by atoms with E-state index in [0.29, 0.717) is 6.61 Å². The van der Waals surface area contributed by atoms with Crippen molar-refractivity contribution in [2.24, 2.45) is 10.7 Å². The molecule has 0 amide bonds. The summed E-state index contributed by atoms with van der Waals surface area (Å²) in [6.07, 6.45) is 0. The molecule has 1 aromatic rings. The fourth-order valence-corrected chi connectivity index (χ4v) is 1.39. The van der Waals surface area contributed by atoms with E-state index >= 15 is 0 Å². The third-order valence-corrected chi connectivity index (χ3v) is 2.17. The van der Waals surface area contributed by atoms with Gasteiger partial charge in [0.15, 0.2) is 0 Å². The van der Waals surface area contributed by atoms with E-state index in [4.69, 9.17) is 15.2 Å². The zero-order chi connectivity index (χ0) is 9.97. The summed E-state index contributed by atoms with van der Waals surface area (Å²) in [6.45, 7) is 0.526. The molecule has 1 aliphatic heterocycles. The lowest BCUT2D eigenvalue weighted by atomic mass is 10.1. The molecule has 0 saturated carbocycles. The molecule has 2 N–H and O–H groups in total. The predicted octanol–water partition coefficient (Wildman–Crippen LogP) is 1.08. The number of amidine groups is 1. The van der Waals surface area contributed by atoms with E-state index in [1.165, 1.54) is 0 Å². The van der Waals surface area contributed by atoms with E-state index in [2.05, 4.69) is 4.99 Å². The number of hydrogen-bond donors (Lipinski definition) is 1. The lowest BCUT2D eigenvalue weighted by molar-refractivity contribution is 0.315. The Bertz CT molecular complexity index is 346. The summed E-state index contributed by atoms with van der Waals surface area (Å²) < 4.78 is 10.1. The van der Waals surface area contributed by atoms with Gasteiger partial charge >= 0.3 is 0 Å². The summed E-state index contributed by atoms with van der Waals surface area (Å²) in [5.41, 5.74) is 6.51. The molecule has 0 aliphatic carbocycles. The van der Waals surface area contributed by atoms with E-state index in [9.17, 15) is 0 Å². The second-order valence-corrected chi connectivity index (χ2v) is 3.07. The second kappa shape index (κ2) is 3.57. The third-order valence-electron chi connectivity index (χ3n) is 2.17. The SMILES string of the molecule is COc1ccc(C2COC(N)=N2)cc1. The van der Waals surface area contributed by atoms with Gasteiger partial charge in [0.25, 0.3) is 6.02 Å². The van der Waals surface area contributed by atoms with Crippen molar-refractivity contribution in [3.8, 4) is 5.75 Å². The fraction of sp³-hybridized carbons (Fsp3) is 0.300. The molecule has 0 spiro atoms. The summed E-state index contributed by atoms with van der Waals surface area (Å²) in [4.78, 5) is 4.15. The van der Waals surface area contributed by atoms with Crippen LogP contribution in [0.3, 0.4) is 0 Å². The molecule has 1 aliphatic rings. The summed E-state index contributed by atoms with van der Waals surface area (Å²) in [6, 6.07) is 8.04. The number of nitrogens with zero attached hydrogens (tertiary/aromatic N) is 1. The van der Waals surface area contributed by atoms with Crippen LogP contribution in [0.1, 0.15) is 11.6 Å². The average molecular weight is 192 g/mol. The maximum atomic E-state index is 5.42. The monoisotopic (exact) mass is 192 g/mol. The van der Waals surface area contributed by atoms with Gasteiger partial charge in [-0.15, -0.1) is 0 Å². The summed E-state index contributed by atoms with van der Waals surface area (Å²) in [5.74, 6) is 0.838. The highest BCUT2D eigenvalue weighted by molar-refractivity contribution is 5.73. The van der Waals surface area contributed by atoms with E-state index in [1.807, 2.05) is 24.3 Å². The maximum Gasteiger partial charge on any atom is 0.282 e. The first-order valence-corrected chi connectivity index (χ1v) is 4.39. The van der Waals surface area contributed by atoms with Crippen molar-refractivity contribution in [1.82, 2.24) is 0 Å². The minimum atomic E-state index is 0.0286. The first-order chi connectivity index (χ1) is 6.79. The van der Waals surface area contributed by atoms with Gasteiger partial charge in [0, 0.05) is 0 Å². The Morgan fingerprint density at radius 3 is 2.64 bits per heavy atom. The molecule has 2 rings (SSSR count). The van der Waals surface area contributed by atoms with E-state index in [-0.39, 0.29) is 12.1 Å². The normalized spacial score (nSPS) is 20.1. The van der Waals surface area contributed by atoms with Gasteiger partial charge in [0.1, 0.15) is 18.4 Å². The molecule has 14 heavy (non-hydrogen) atoms. The van der Waals surface area contributed by atoms with Crippen molar-refractivity contribution in [3.63, 3.8) is 0 Å². The van der Waals surface area contributed by atoms with Gasteiger partial charge in [0.2, 0.25) is 0 Å². The standard InChI is InChI=1S/C10H12N2O2/c1-13-8-4-2-7(3-5-8)9-6-14-10(11)12-9/h2-5,9H,6H2,1H3,(H2,11,12). The molecule has 74 valence electrons. The summed E-state index contributed by atoms with van der Waals surface area (Å²) >= 11 is 0. The van der Waals surface area contributed by atoms with Crippen LogP contribution >= 0.6 is 0 Å². The van der Waals surface area contributed by atoms with Crippen LogP contribution in [0.4, 0.5) is 0 Å². The van der Waals surface area contributed by atoms with Gasteiger partial charge in [-0.3, -0.25) is 0 Å². The van der Waals surface area contributed by atoms with Crippen LogP contribution in [0.15, 0.2) is 29.3 Å². The van der Waals surface area contributed by atoms with Crippen LogP contribution in [0.5, 0.6) is 5.75 Å². The lowest BCUT2D eigenvalue weighted by Crippen LogP contribution is -2.10. The van der Waals surface area contributed by atoms with Crippen molar-refractivity contribution in [2.75, 3.05) is 13.7 Å². The quantitative estimate of drug-likeness (QED) is 0.762. The predicted molar refractivity (Wildman–Crippen MR) is 53.3 cm³/mol. The van der Waals surface area contributed by atoms with Crippen LogP contribution in [-0.2, 0) is 4.74 Å². The molecule has 1 unspecified atom stereocenters. The Kier molecular flexibility index (Phi) is 2.26. The van der Waals surface area contributed by atoms with Crippen molar-refractivity contribution in [2.45, 2.75) is 6.04 Å². The van der Waals surface area contributed by atoms with Crippen molar-refractivity contribution in [3.05, 3.63) is 29.8 Å². The first kappa shape index (κ1) is 8.87. The summed E-state index contributed by atoms with van der Waals surface area (Å²) in [7, 11) is 1.64. The van der Waals surface area contributed by atoms with Gasteiger partial charge in [0.05, 0.1) is 7.11 Å². The molecular weight excluding hydrogens is 180 g/mol. The van der Waals surface area contributed by atoms with Gasteiger partial charge in [-0.05, 0) is 17.7 Å². The van der Waals surface area contributed by atoms with E-state index < -0.39 is 0 Å². The van der Waals surface area contributed by atoms with Crippen molar-refractivity contribution >= 4 is 6.02 Å². The van der Waals surface area contributed by atoms with Crippen molar-refractivity contribution in [1.29, 1.82) is 0 Å². The van der Waals surface area contributed by atoms with E-state index in [1.54, 1.807) is 7.11 Å². The summed E-state index contributed by atoms with van der Waals surface area (Å²) in [5, 5.41) is 0. The van der Waals surface area contributed by atoms with Crippen LogP contribution in [0.2, 0.25) is 0 Å². The number of benzene rings is 1. The Balaban J connectivity index is 2.17. The average Bonchev–Trinajstić information content (AvgIpc) is 2.65. The first-order valence-electron chi connectivity index (χ1n) is 4.39. The van der Waals surface area contributed by atoms with Gasteiger partial charge in [-0.1, -0.05) is 12.1 Å². The van der Waals surface area contributed by atoms with E-state index in [0.717, 1.165) is 11.3 Å². The highest BCUT2D eigenvalue weighted by Gasteiger charge is 2.18. The highest BCUT2D eigenvalue weighted by atomic mass is 16.5. The molecule has 0 saturated heterocycles.